The molecular weight excluding hydrogens is 400 g/mol. The van der Waals surface area contributed by atoms with Crippen LogP contribution in [0, 0.1) is 0 Å². The lowest BCUT2D eigenvalue weighted by atomic mass is 10.2. The van der Waals surface area contributed by atoms with Crippen LogP contribution in [-0.4, -0.2) is 23.2 Å². The first-order valence-electron chi connectivity index (χ1n) is 6.66. The zero-order valence-corrected chi connectivity index (χ0v) is 15.6. The van der Waals surface area contributed by atoms with Gasteiger partial charge in [-0.05, 0) is 46.3 Å². The molecule has 1 amide bonds. The number of carbonyl (C=O) groups excluding carboxylic acids is 1. The minimum atomic E-state index is -0.0187. The van der Waals surface area contributed by atoms with Crippen LogP contribution in [0.2, 0.25) is 0 Å². The lowest BCUT2D eigenvalue weighted by Gasteiger charge is -2.05. The van der Waals surface area contributed by atoms with Gasteiger partial charge in [0.15, 0.2) is 0 Å². The molecule has 7 heteroatoms. The summed E-state index contributed by atoms with van der Waals surface area (Å²) in [7, 11) is 0. The highest BCUT2D eigenvalue weighted by atomic mass is 79.9. The third-order valence-corrected chi connectivity index (χ3v) is 6.60. The van der Waals surface area contributed by atoms with Gasteiger partial charge in [-0.25, -0.2) is 4.98 Å². The zero-order chi connectivity index (χ0) is 15.4. The first kappa shape index (κ1) is 16.0. The van der Waals surface area contributed by atoms with Crippen molar-refractivity contribution in [2.75, 3.05) is 12.3 Å². The van der Waals surface area contributed by atoms with Crippen molar-refractivity contribution in [2.45, 2.75) is 5.75 Å². The van der Waals surface area contributed by atoms with Gasteiger partial charge < -0.3 is 5.32 Å². The molecule has 0 spiro atoms. The Hall–Kier alpha value is -0.890. The number of benzene rings is 1. The lowest BCUT2D eigenvalue weighted by Crippen LogP contribution is -2.25. The molecular formula is C15H13BrN2OS3. The molecule has 0 aliphatic rings. The van der Waals surface area contributed by atoms with E-state index in [9.17, 15) is 4.79 Å². The number of nitrogens with zero attached hydrogens (tertiary/aromatic N) is 1. The second-order valence-electron chi connectivity index (χ2n) is 4.55. The summed E-state index contributed by atoms with van der Waals surface area (Å²) in [5.41, 5.74) is 3.44. The van der Waals surface area contributed by atoms with Gasteiger partial charge >= 0.3 is 0 Å². The largest absolute Gasteiger partial charge is 0.351 e. The average molecular weight is 413 g/mol. The van der Waals surface area contributed by atoms with E-state index in [1.807, 2.05) is 30.0 Å². The topological polar surface area (TPSA) is 42.0 Å². The number of hydrogen-bond donors (Lipinski definition) is 1. The van der Waals surface area contributed by atoms with Gasteiger partial charge in [0.1, 0.15) is 0 Å². The molecule has 3 nitrogen and oxygen atoms in total. The van der Waals surface area contributed by atoms with Crippen molar-refractivity contribution in [1.82, 2.24) is 10.3 Å². The molecule has 114 valence electrons. The number of thiazole rings is 1. The monoisotopic (exact) mass is 412 g/mol. The number of thiophene rings is 1. The van der Waals surface area contributed by atoms with E-state index in [0.717, 1.165) is 25.5 Å². The van der Waals surface area contributed by atoms with Gasteiger partial charge in [0.2, 0.25) is 0 Å². The lowest BCUT2D eigenvalue weighted by molar-refractivity contribution is 0.0956. The molecule has 3 rings (SSSR count). The summed E-state index contributed by atoms with van der Waals surface area (Å²) in [4.78, 5) is 17.7. The Morgan fingerprint density at radius 2 is 2.23 bits per heavy atom. The van der Waals surface area contributed by atoms with Crippen LogP contribution < -0.4 is 5.32 Å². The summed E-state index contributed by atoms with van der Waals surface area (Å²) in [6.07, 6.45) is 0. The summed E-state index contributed by atoms with van der Waals surface area (Å²) >= 11 is 8.60. The summed E-state index contributed by atoms with van der Waals surface area (Å²) in [5, 5.41) is 2.97. The van der Waals surface area contributed by atoms with Gasteiger partial charge in [0, 0.05) is 28.5 Å². The van der Waals surface area contributed by atoms with Crippen molar-refractivity contribution >= 4 is 66.5 Å². The van der Waals surface area contributed by atoms with Crippen LogP contribution in [0.1, 0.15) is 15.2 Å². The Morgan fingerprint density at radius 1 is 1.32 bits per heavy atom. The Bertz CT molecular complexity index is 784. The Kier molecular flexibility index (Phi) is 5.51. The Balaban J connectivity index is 1.43. The molecule has 0 atom stereocenters. The summed E-state index contributed by atoms with van der Waals surface area (Å²) in [5.74, 6) is 1.87. The van der Waals surface area contributed by atoms with Crippen LogP contribution in [0.5, 0.6) is 0 Å². The maximum absolute atomic E-state index is 12.1. The number of rotatable bonds is 6. The van der Waals surface area contributed by atoms with Crippen LogP contribution in [-0.2, 0) is 5.75 Å². The minimum absolute atomic E-state index is 0.0187. The van der Waals surface area contributed by atoms with Crippen LogP contribution in [0.25, 0.3) is 10.2 Å². The third-order valence-electron chi connectivity index (χ3n) is 3.00. The number of aromatic nitrogens is 1. The fourth-order valence-electron chi connectivity index (χ4n) is 1.94. The van der Waals surface area contributed by atoms with Gasteiger partial charge in [-0.15, -0.1) is 22.7 Å². The molecule has 22 heavy (non-hydrogen) atoms. The molecule has 0 saturated heterocycles. The minimum Gasteiger partial charge on any atom is -0.351 e. The van der Waals surface area contributed by atoms with Crippen molar-refractivity contribution < 1.29 is 4.79 Å². The predicted octanol–water partition coefficient (Wildman–Crippen LogP) is 4.78. The van der Waals surface area contributed by atoms with Crippen molar-refractivity contribution in [2.24, 2.45) is 0 Å². The van der Waals surface area contributed by atoms with Crippen LogP contribution in [0.3, 0.4) is 0 Å². The third kappa shape index (κ3) is 4.10. The van der Waals surface area contributed by atoms with Crippen molar-refractivity contribution in [1.29, 1.82) is 0 Å². The predicted molar refractivity (Wildman–Crippen MR) is 100 cm³/mol. The van der Waals surface area contributed by atoms with Gasteiger partial charge in [-0.2, -0.15) is 11.8 Å². The molecule has 0 unspecified atom stereocenters. The first-order valence-corrected chi connectivity index (χ1v) is 10.3. The summed E-state index contributed by atoms with van der Waals surface area (Å²) in [6.45, 7) is 0.677. The van der Waals surface area contributed by atoms with Crippen LogP contribution in [0.4, 0.5) is 0 Å². The molecule has 0 saturated carbocycles. The fraction of sp³-hybridized carbons (Fsp3) is 0.200. The van der Waals surface area contributed by atoms with Crippen molar-refractivity contribution in [3.8, 4) is 0 Å². The van der Waals surface area contributed by atoms with Crippen molar-refractivity contribution in [3.63, 3.8) is 0 Å². The van der Waals surface area contributed by atoms with E-state index < -0.39 is 0 Å². The standard InChI is InChI=1S/C15H13BrN2OS3/c16-14-4-2-11(22-14)8-20-6-5-17-15(19)10-1-3-12-13(7-10)21-9-18-12/h1-4,7,9H,5-6,8H2,(H,17,19). The highest BCUT2D eigenvalue weighted by Gasteiger charge is 2.07. The number of fused-ring (bicyclic) bond motifs is 1. The first-order chi connectivity index (χ1) is 10.7. The second-order valence-corrected chi connectivity index (χ2v) is 9.09. The SMILES string of the molecule is O=C(NCCSCc1ccc(Br)s1)c1ccc2ncsc2c1. The molecule has 3 aromatic rings. The fourth-order valence-corrected chi connectivity index (χ4v) is 5.11. The molecule has 0 fully saturated rings. The van der Waals surface area contributed by atoms with E-state index in [0.29, 0.717) is 12.1 Å². The van der Waals surface area contributed by atoms with Crippen LogP contribution in [0.15, 0.2) is 39.6 Å². The zero-order valence-electron chi connectivity index (χ0n) is 11.5. The van der Waals surface area contributed by atoms with Gasteiger partial charge in [-0.1, -0.05) is 0 Å². The number of nitrogens with one attached hydrogen (secondary N) is 1. The van der Waals surface area contributed by atoms with E-state index >= 15 is 0 Å². The molecule has 0 bridgehead atoms. The quantitative estimate of drug-likeness (QED) is 0.592. The van der Waals surface area contributed by atoms with E-state index in [1.54, 1.807) is 28.2 Å². The maximum atomic E-state index is 12.1. The van der Waals surface area contributed by atoms with E-state index in [1.165, 1.54) is 4.88 Å². The van der Waals surface area contributed by atoms with Gasteiger partial charge in [0.25, 0.3) is 5.91 Å². The average Bonchev–Trinajstić information content (AvgIpc) is 3.14. The highest BCUT2D eigenvalue weighted by Crippen LogP contribution is 2.25. The Morgan fingerprint density at radius 3 is 3.05 bits per heavy atom. The number of hydrogen-bond acceptors (Lipinski definition) is 5. The molecule has 1 aromatic carbocycles. The van der Waals surface area contributed by atoms with Crippen LogP contribution >= 0.6 is 50.4 Å². The van der Waals surface area contributed by atoms with Gasteiger partial charge in [-0.3, -0.25) is 4.79 Å². The number of amides is 1. The summed E-state index contributed by atoms with van der Waals surface area (Å²) < 4.78 is 2.21. The highest BCUT2D eigenvalue weighted by molar-refractivity contribution is 9.11. The molecule has 2 aromatic heterocycles. The smallest absolute Gasteiger partial charge is 0.251 e. The molecule has 0 aliphatic heterocycles. The van der Waals surface area contributed by atoms with E-state index in [4.69, 9.17) is 0 Å². The van der Waals surface area contributed by atoms with E-state index in [-0.39, 0.29) is 5.91 Å². The van der Waals surface area contributed by atoms with Gasteiger partial charge in [0.05, 0.1) is 19.5 Å². The second kappa shape index (κ2) is 7.59. The molecule has 1 N–H and O–H groups in total. The van der Waals surface area contributed by atoms with Crippen molar-refractivity contribution in [3.05, 3.63) is 50.1 Å². The molecule has 2 heterocycles. The summed E-state index contributed by atoms with van der Waals surface area (Å²) in [6, 6.07) is 9.82. The van der Waals surface area contributed by atoms with E-state index in [2.05, 4.69) is 38.4 Å². The number of carbonyl (C=O) groups is 1. The molecule has 0 aliphatic carbocycles. The molecule has 0 radical (unpaired) electrons. The number of thioether (sulfide) groups is 1. The maximum Gasteiger partial charge on any atom is 0.251 e. The Labute approximate surface area is 149 Å². The number of halogens is 1. The normalized spacial score (nSPS) is 11.0.